The number of hydrogen-bond acceptors (Lipinski definition) is 6. The van der Waals surface area contributed by atoms with Crippen molar-refractivity contribution in [1.29, 1.82) is 0 Å². The third kappa shape index (κ3) is 4.18. The molecule has 24 heavy (non-hydrogen) atoms. The molecule has 8 heteroatoms. The van der Waals surface area contributed by atoms with Gasteiger partial charge < -0.3 is 19.5 Å². The van der Waals surface area contributed by atoms with Crippen molar-refractivity contribution in [2.24, 2.45) is 0 Å². The molecule has 2 heterocycles. The number of carbonyl (C=O) groups excluding carboxylic acids is 2. The van der Waals surface area contributed by atoms with Gasteiger partial charge in [0.05, 0.1) is 10.9 Å². The number of fused-ring (bicyclic) bond motifs is 1. The Bertz CT molecular complexity index is 748. The molecule has 1 atom stereocenters. The zero-order chi connectivity index (χ0) is 16.9. The first-order valence-electron chi connectivity index (χ1n) is 7.19. The molecule has 1 aliphatic rings. The van der Waals surface area contributed by atoms with Gasteiger partial charge in [-0.15, -0.1) is 11.3 Å². The molecule has 0 fully saturated rings. The van der Waals surface area contributed by atoms with Gasteiger partial charge in [0.1, 0.15) is 17.6 Å². The Labute approximate surface area is 147 Å². The average Bonchev–Trinajstić information content (AvgIpc) is 3.04. The maximum atomic E-state index is 11.8. The quantitative estimate of drug-likeness (QED) is 0.822. The number of amides is 1. The number of nitrogens with one attached hydrogen (secondary N) is 1. The van der Waals surface area contributed by atoms with E-state index in [1.165, 1.54) is 0 Å². The molecule has 2 aromatic rings. The summed E-state index contributed by atoms with van der Waals surface area (Å²) < 4.78 is 16.7. The van der Waals surface area contributed by atoms with Gasteiger partial charge in [0.15, 0.2) is 18.1 Å². The molecule has 1 N–H and O–H groups in total. The van der Waals surface area contributed by atoms with E-state index in [2.05, 4.69) is 5.32 Å². The van der Waals surface area contributed by atoms with Crippen LogP contribution in [0.4, 0.5) is 0 Å². The molecule has 1 aromatic carbocycles. The minimum Gasteiger partial charge on any atom is -0.486 e. The molecule has 1 aromatic heterocycles. The lowest BCUT2D eigenvalue weighted by atomic mass is 10.2. The summed E-state index contributed by atoms with van der Waals surface area (Å²) in [6, 6.07) is 10.5. The standard InChI is InChI=1S/C16H14ClNO5S/c17-14-6-5-13(24-14)16(20)22-9-15(19)18-7-10-8-21-11-3-1-2-4-12(11)23-10/h1-6,10H,7-9H2,(H,18,19)/t10-/m0/s1. The molecule has 1 amide bonds. The lowest BCUT2D eigenvalue weighted by Crippen LogP contribution is -2.42. The fourth-order valence-corrected chi connectivity index (χ4v) is 3.01. The Hall–Kier alpha value is -2.25. The van der Waals surface area contributed by atoms with Crippen LogP contribution in [0.25, 0.3) is 0 Å². The van der Waals surface area contributed by atoms with Crippen molar-refractivity contribution >= 4 is 34.8 Å². The molecule has 126 valence electrons. The predicted octanol–water partition coefficient (Wildman–Crippen LogP) is 2.51. The first-order valence-corrected chi connectivity index (χ1v) is 8.39. The predicted molar refractivity (Wildman–Crippen MR) is 89.0 cm³/mol. The van der Waals surface area contributed by atoms with E-state index in [4.69, 9.17) is 25.8 Å². The van der Waals surface area contributed by atoms with E-state index in [0.29, 0.717) is 27.3 Å². The van der Waals surface area contributed by atoms with Crippen molar-refractivity contribution in [2.75, 3.05) is 19.8 Å². The second kappa shape index (κ2) is 7.55. The van der Waals surface area contributed by atoms with Crippen LogP contribution in [0.1, 0.15) is 9.67 Å². The highest BCUT2D eigenvalue weighted by molar-refractivity contribution is 7.17. The molecule has 3 rings (SSSR count). The molecule has 0 bridgehead atoms. The average molecular weight is 368 g/mol. The lowest BCUT2D eigenvalue weighted by molar-refractivity contribution is -0.124. The third-order valence-electron chi connectivity index (χ3n) is 3.20. The summed E-state index contributed by atoms with van der Waals surface area (Å²) in [7, 11) is 0. The fourth-order valence-electron chi connectivity index (χ4n) is 2.07. The van der Waals surface area contributed by atoms with Crippen molar-refractivity contribution in [3.05, 3.63) is 45.6 Å². The zero-order valence-electron chi connectivity index (χ0n) is 12.5. The lowest BCUT2D eigenvalue weighted by Gasteiger charge is -2.26. The summed E-state index contributed by atoms with van der Waals surface area (Å²) in [6.07, 6.45) is -0.296. The van der Waals surface area contributed by atoms with Crippen LogP contribution in [0.2, 0.25) is 4.34 Å². The first-order chi connectivity index (χ1) is 11.6. The van der Waals surface area contributed by atoms with E-state index in [1.54, 1.807) is 18.2 Å². The number of hydrogen-bond donors (Lipinski definition) is 1. The van der Waals surface area contributed by atoms with Crippen molar-refractivity contribution in [3.8, 4) is 11.5 Å². The maximum absolute atomic E-state index is 11.8. The second-order valence-corrected chi connectivity index (χ2v) is 6.70. The van der Waals surface area contributed by atoms with Crippen molar-refractivity contribution < 1.29 is 23.8 Å². The van der Waals surface area contributed by atoms with E-state index in [9.17, 15) is 9.59 Å². The van der Waals surface area contributed by atoms with Gasteiger partial charge in [-0.05, 0) is 24.3 Å². The van der Waals surface area contributed by atoms with Crippen LogP contribution in [0.5, 0.6) is 11.5 Å². The molecule has 0 saturated carbocycles. The van der Waals surface area contributed by atoms with E-state index < -0.39 is 11.9 Å². The monoisotopic (exact) mass is 367 g/mol. The van der Waals surface area contributed by atoms with Gasteiger partial charge >= 0.3 is 5.97 Å². The number of halogens is 1. The minimum atomic E-state index is -0.576. The van der Waals surface area contributed by atoms with Gasteiger partial charge in [-0.25, -0.2) is 4.79 Å². The summed E-state index contributed by atoms with van der Waals surface area (Å²) in [6.45, 7) is 0.235. The highest BCUT2D eigenvalue weighted by Crippen LogP contribution is 2.30. The van der Waals surface area contributed by atoms with Crippen LogP contribution >= 0.6 is 22.9 Å². The number of carbonyl (C=O) groups is 2. The van der Waals surface area contributed by atoms with Crippen LogP contribution < -0.4 is 14.8 Å². The highest BCUT2D eigenvalue weighted by Gasteiger charge is 2.21. The van der Waals surface area contributed by atoms with Gasteiger partial charge in [0, 0.05) is 0 Å². The molecule has 6 nitrogen and oxygen atoms in total. The van der Waals surface area contributed by atoms with Gasteiger partial charge in [0.2, 0.25) is 0 Å². The number of thiophene rings is 1. The molecule has 1 aliphatic heterocycles. The third-order valence-corrected chi connectivity index (χ3v) is 4.41. The summed E-state index contributed by atoms with van der Waals surface area (Å²) in [5.41, 5.74) is 0. The number of rotatable bonds is 5. The summed E-state index contributed by atoms with van der Waals surface area (Å²) in [5.74, 6) is 0.342. The normalized spacial score (nSPS) is 15.6. The van der Waals surface area contributed by atoms with E-state index in [-0.39, 0.29) is 19.3 Å². The topological polar surface area (TPSA) is 73.9 Å². The fraction of sp³-hybridized carbons (Fsp3) is 0.250. The summed E-state index contributed by atoms with van der Waals surface area (Å²) in [5, 5.41) is 2.65. The van der Waals surface area contributed by atoms with Crippen LogP contribution in [0.3, 0.4) is 0 Å². The van der Waals surface area contributed by atoms with Crippen LogP contribution in [-0.4, -0.2) is 37.7 Å². The maximum Gasteiger partial charge on any atom is 0.348 e. The van der Waals surface area contributed by atoms with Gasteiger partial charge in [-0.2, -0.15) is 0 Å². The Kier molecular flexibility index (Phi) is 5.22. The molecule has 0 radical (unpaired) electrons. The Balaban J connectivity index is 1.41. The van der Waals surface area contributed by atoms with Crippen molar-refractivity contribution in [1.82, 2.24) is 5.32 Å². The number of para-hydroxylation sites is 2. The molecule has 0 saturated heterocycles. The van der Waals surface area contributed by atoms with Crippen molar-refractivity contribution in [2.45, 2.75) is 6.10 Å². The van der Waals surface area contributed by atoms with E-state index in [1.807, 2.05) is 18.2 Å². The van der Waals surface area contributed by atoms with Gasteiger partial charge in [-0.1, -0.05) is 23.7 Å². The molecular weight excluding hydrogens is 354 g/mol. The summed E-state index contributed by atoms with van der Waals surface area (Å²) >= 11 is 6.84. The highest BCUT2D eigenvalue weighted by atomic mass is 35.5. The minimum absolute atomic E-state index is 0.259. The summed E-state index contributed by atoms with van der Waals surface area (Å²) in [4.78, 5) is 23.8. The SMILES string of the molecule is O=C(COC(=O)c1ccc(Cl)s1)NC[C@H]1COc2ccccc2O1. The van der Waals surface area contributed by atoms with Gasteiger partial charge in [-0.3, -0.25) is 4.79 Å². The van der Waals surface area contributed by atoms with E-state index >= 15 is 0 Å². The van der Waals surface area contributed by atoms with Crippen LogP contribution in [0.15, 0.2) is 36.4 Å². The molecular formula is C16H14ClNO5S. The second-order valence-electron chi connectivity index (χ2n) is 4.98. The van der Waals surface area contributed by atoms with Crippen molar-refractivity contribution in [3.63, 3.8) is 0 Å². The zero-order valence-corrected chi connectivity index (χ0v) is 14.1. The van der Waals surface area contributed by atoms with Crippen LogP contribution in [-0.2, 0) is 9.53 Å². The molecule has 0 unspecified atom stereocenters. The largest absolute Gasteiger partial charge is 0.486 e. The van der Waals surface area contributed by atoms with Crippen LogP contribution in [0, 0.1) is 0 Å². The van der Waals surface area contributed by atoms with Gasteiger partial charge in [0.25, 0.3) is 5.91 Å². The number of benzene rings is 1. The first kappa shape index (κ1) is 16.6. The number of esters is 1. The smallest absolute Gasteiger partial charge is 0.348 e. The molecule has 0 spiro atoms. The molecule has 0 aliphatic carbocycles. The Morgan fingerprint density at radius 1 is 1.25 bits per heavy atom. The number of ether oxygens (including phenoxy) is 3. The van der Waals surface area contributed by atoms with E-state index in [0.717, 1.165) is 11.3 Å². The Morgan fingerprint density at radius 2 is 2.04 bits per heavy atom. The Morgan fingerprint density at radius 3 is 2.79 bits per heavy atom.